The topological polar surface area (TPSA) is 67.2 Å². The molecule has 0 bridgehead atoms. The first kappa shape index (κ1) is 15.9. The molecule has 1 aliphatic heterocycles. The Morgan fingerprint density at radius 2 is 2.08 bits per heavy atom. The van der Waals surface area contributed by atoms with Crippen LogP contribution in [-0.4, -0.2) is 39.1 Å². The van der Waals surface area contributed by atoms with E-state index in [0.717, 1.165) is 37.1 Å². The lowest BCUT2D eigenvalue weighted by Crippen LogP contribution is -2.43. The van der Waals surface area contributed by atoms with Gasteiger partial charge in [-0.1, -0.05) is 6.07 Å². The quantitative estimate of drug-likeness (QED) is 0.911. The van der Waals surface area contributed by atoms with Crippen LogP contribution in [0.1, 0.15) is 32.1 Å². The van der Waals surface area contributed by atoms with E-state index >= 15 is 0 Å². The van der Waals surface area contributed by atoms with Crippen molar-refractivity contribution in [1.29, 1.82) is 0 Å². The first-order valence-corrected chi connectivity index (χ1v) is 8.91. The molecule has 130 valence electrons. The average molecular weight is 338 g/mol. The third-order valence-corrected chi connectivity index (χ3v) is 4.92. The van der Waals surface area contributed by atoms with Gasteiger partial charge in [0, 0.05) is 31.0 Å². The maximum atomic E-state index is 12.7. The molecular formula is C19H22N4O2. The Hall–Kier alpha value is -2.63. The third kappa shape index (κ3) is 3.57. The van der Waals surface area contributed by atoms with Crippen molar-refractivity contribution in [3.05, 3.63) is 42.7 Å². The van der Waals surface area contributed by atoms with Crippen molar-refractivity contribution in [2.24, 2.45) is 5.92 Å². The number of benzene rings is 1. The number of aromatic nitrogens is 2. The number of anilines is 1. The highest BCUT2D eigenvalue weighted by Gasteiger charge is 2.36. The van der Waals surface area contributed by atoms with Crippen molar-refractivity contribution >= 4 is 17.5 Å². The van der Waals surface area contributed by atoms with Crippen LogP contribution < -0.4 is 5.32 Å². The summed E-state index contributed by atoms with van der Waals surface area (Å²) in [6, 6.07) is 9.07. The van der Waals surface area contributed by atoms with Gasteiger partial charge in [-0.2, -0.15) is 5.10 Å². The summed E-state index contributed by atoms with van der Waals surface area (Å²) in [7, 11) is 0. The van der Waals surface area contributed by atoms with Crippen molar-refractivity contribution in [3.63, 3.8) is 0 Å². The van der Waals surface area contributed by atoms with E-state index < -0.39 is 0 Å². The van der Waals surface area contributed by atoms with E-state index in [0.29, 0.717) is 18.9 Å². The second-order valence-electron chi connectivity index (χ2n) is 6.88. The lowest BCUT2D eigenvalue weighted by Gasteiger charge is -2.24. The predicted molar refractivity (Wildman–Crippen MR) is 94.3 cm³/mol. The highest BCUT2D eigenvalue weighted by atomic mass is 16.2. The third-order valence-electron chi connectivity index (χ3n) is 4.92. The van der Waals surface area contributed by atoms with Crippen LogP contribution >= 0.6 is 0 Å². The molecule has 6 heteroatoms. The first-order chi connectivity index (χ1) is 12.2. The van der Waals surface area contributed by atoms with E-state index in [-0.39, 0.29) is 17.9 Å². The van der Waals surface area contributed by atoms with Crippen molar-refractivity contribution in [2.75, 3.05) is 11.9 Å². The smallest absolute Gasteiger partial charge is 0.247 e. The minimum atomic E-state index is -0.348. The highest BCUT2D eigenvalue weighted by molar-refractivity contribution is 5.97. The van der Waals surface area contributed by atoms with Gasteiger partial charge < -0.3 is 10.2 Å². The maximum Gasteiger partial charge on any atom is 0.247 e. The molecule has 1 aromatic carbocycles. The Bertz CT molecular complexity index is 767. The van der Waals surface area contributed by atoms with Crippen LogP contribution in [0.5, 0.6) is 0 Å². The molecule has 0 unspecified atom stereocenters. The number of nitrogens with zero attached hydrogens (tertiary/aromatic N) is 3. The van der Waals surface area contributed by atoms with Crippen molar-refractivity contribution in [3.8, 4) is 5.69 Å². The zero-order valence-corrected chi connectivity index (χ0v) is 14.1. The number of hydrogen-bond acceptors (Lipinski definition) is 3. The van der Waals surface area contributed by atoms with Gasteiger partial charge in [0.05, 0.1) is 5.69 Å². The molecular weight excluding hydrogens is 316 g/mol. The molecule has 0 spiro atoms. The first-order valence-electron chi connectivity index (χ1n) is 8.91. The summed E-state index contributed by atoms with van der Waals surface area (Å²) in [4.78, 5) is 26.9. The van der Waals surface area contributed by atoms with Gasteiger partial charge in [0.15, 0.2) is 0 Å². The molecule has 0 radical (unpaired) electrons. The summed E-state index contributed by atoms with van der Waals surface area (Å²) in [5.74, 6) is 0.576. The average Bonchev–Trinajstić information content (AvgIpc) is 3.10. The number of likely N-dealkylation sites (tertiary alicyclic amines) is 1. The Morgan fingerprint density at radius 3 is 2.84 bits per heavy atom. The van der Waals surface area contributed by atoms with Crippen molar-refractivity contribution < 1.29 is 9.59 Å². The van der Waals surface area contributed by atoms with Crippen LogP contribution in [0.25, 0.3) is 5.69 Å². The fraction of sp³-hybridized carbons (Fsp3) is 0.421. The van der Waals surface area contributed by atoms with Gasteiger partial charge in [-0.3, -0.25) is 9.59 Å². The fourth-order valence-electron chi connectivity index (χ4n) is 3.40. The van der Waals surface area contributed by atoms with Gasteiger partial charge in [0.25, 0.3) is 0 Å². The van der Waals surface area contributed by atoms with Crippen molar-refractivity contribution in [1.82, 2.24) is 14.7 Å². The predicted octanol–water partition coefficient (Wildman–Crippen LogP) is 2.60. The number of amides is 2. The standard InChI is InChI=1S/C19H22N4O2/c24-18(12-14-7-8-14)22-10-2-6-17(22)19(25)21-15-4-1-5-16(13-15)23-11-3-9-20-23/h1,3-5,9,11,13-14,17H,2,6-8,10,12H2,(H,21,25)/t17-/m1/s1. The highest BCUT2D eigenvalue weighted by Crippen LogP contribution is 2.34. The van der Waals surface area contributed by atoms with Gasteiger partial charge in [-0.15, -0.1) is 0 Å². The minimum absolute atomic E-state index is 0.0979. The molecule has 25 heavy (non-hydrogen) atoms. The van der Waals surface area contributed by atoms with E-state index in [2.05, 4.69) is 10.4 Å². The molecule has 1 N–H and O–H groups in total. The van der Waals surface area contributed by atoms with E-state index in [4.69, 9.17) is 0 Å². The molecule has 2 amide bonds. The Labute approximate surface area is 146 Å². The van der Waals surface area contributed by atoms with Gasteiger partial charge in [0.2, 0.25) is 11.8 Å². The van der Waals surface area contributed by atoms with Crippen LogP contribution in [0.2, 0.25) is 0 Å². The summed E-state index contributed by atoms with van der Waals surface area (Å²) in [6.07, 6.45) is 8.10. The van der Waals surface area contributed by atoms with Crippen molar-refractivity contribution in [2.45, 2.75) is 38.1 Å². The van der Waals surface area contributed by atoms with Gasteiger partial charge in [-0.25, -0.2) is 4.68 Å². The van der Waals surface area contributed by atoms with Crippen LogP contribution in [0.15, 0.2) is 42.7 Å². The molecule has 4 rings (SSSR count). The molecule has 1 aromatic heterocycles. The largest absolute Gasteiger partial charge is 0.331 e. The summed E-state index contributed by atoms with van der Waals surface area (Å²) in [6.45, 7) is 0.691. The Kier molecular flexibility index (Phi) is 4.26. The normalized spacial score (nSPS) is 19.8. The van der Waals surface area contributed by atoms with Gasteiger partial charge in [0.1, 0.15) is 6.04 Å². The van der Waals surface area contributed by atoms with E-state index in [1.54, 1.807) is 15.8 Å². The lowest BCUT2D eigenvalue weighted by atomic mass is 10.1. The Morgan fingerprint density at radius 1 is 1.20 bits per heavy atom. The monoisotopic (exact) mass is 338 g/mol. The maximum absolute atomic E-state index is 12.7. The summed E-state index contributed by atoms with van der Waals surface area (Å²) < 4.78 is 1.75. The second-order valence-corrected chi connectivity index (χ2v) is 6.88. The molecule has 1 atom stereocenters. The molecule has 6 nitrogen and oxygen atoms in total. The molecule has 1 saturated heterocycles. The SMILES string of the molecule is O=C(Nc1cccc(-n2cccn2)c1)[C@H]1CCCN1C(=O)CC1CC1. The summed E-state index contributed by atoms with van der Waals surface area (Å²) in [5.41, 5.74) is 1.61. The molecule has 2 aromatic rings. The molecule has 2 aliphatic rings. The number of carbonyl (C=O) groups is 2. The zero-order valence-electron chi connectivity index (χ0n) is 14.1. The van der Waals surface area contributed by atoms with Gasteiger partial charge in [-0.05, 0) is 55.9 Å². The molecule has 2 heterocycles. The van der Waals surface area contributed by atoms with Crippen LogP contribution in [0.3, 0.4) is 0 Å². The number of rotatable bonds is 5. The summed E-state index contributed by atoms with van der Waals surface area (Å²) in [5, 5.41) is 7.17. The molecule has 1 aliphatic carbocycles. The van der Waals surface area contributed by atoms with E-state index in [1.807, 2.05) is 36.5 Å². The number of carbonyl (C=O) groups excluding carboxylic acids is 2. The van der Waals surface area contributed by atoms with Crippen LogP contribution in [0.4, 0.5) is 5.69 Å². The number of hydrogen-bond donors (Lipinski definition) is 1. The zero-order chi connectivity index (χ0) is 17.2. The fourth-order valence-corrected chi connectivity index (χ4v) is 3.40. The summed E-state index contributed by atoms with van der Waals surface area (Å²) >= 11 is 0. The van der Waals surface area contributed by atoms with Crippen LogP contribution in [0, 0.1) is 5.92 Å². The van der Waals surface area contributed by atoms with E-state index in [9.17, 15) is 9.59 Å². The van der Waals surface area contributed by atoms with Crippen LogP contribution in [-0.2, 0) is 9.59 Å². The van der Waals surface area contributed by atoms with Gasteiger partial charge >= 0.3 is 0 Å². The Balaban J connectivity index is 1.44. The van der Waals surface area contributed by atoms with E-state index in [1.165, 1.54) is 0 Å². The lowest BCUT2D eigenvalue weighted by molar-refractivity contribution is -0.136. The molecule has 1 saturated carbocycles. The minimum Gasteiger partial charge on any atom is -0.331 e. The number of nitrogens with one attached hydrogen (secondary N) is 1. The second kappa shape index (κ2) is 6.70. The molecule has 2 fully saturated rings.